The lowest BCUT2D eigenvalue weighted by Gasteiger charge is -2.08. The first-order valence-corrected chi connectivity index (χ1v) is 8.71. The van der Waals surface area contributed by atoms with E-state index in [0.717, 1.165) is 17.1 Å². The smallest absolute Gasteiger partial charge is 0.231 e. The molecule has 1 aromatic carbocycles. The first kappa shape index (κ1) is 13.3. The van der Waals surface area contributed by atoms with Gasteiger partial charge in [0.05, 0.1) is 5.69 Å². The Morgan fingerprint density at radius 1 is 1.08 bits per heavy atom. The molecule has 4 heteroatoms. The molecule has 3 aromatic heterocycles. The SMILES string of the molecule is [2H]C([2H])([2H])c1nc2n(C)c(-c3cccc(-c4ccc(C)cc4C)[n+]3C)cn2c1C. The first-order valence-electron chi connectivity index (χ1n) is 10.2. The van der Waals surface area contributed by atoms with Crippen molar-refractivity contribution >= 4 is 5.78 Å². The van der Waals surface area contributed by atoms with E-state index in [-0.39, 0.29) is 5.69 Å². The Morgan fingerprint density at radius 2 is 1.85 bits per heavy atom. The van der Waals surface area contributed by atoms with Gasteiger partial charge in [0, 0.05) is 40.7 Å². The van der Waals surface area contributed by atoms with Crippen molar-refractivity contribution in [2.24, 2.45) is 14.1 Å². The van der Waals surface area contributed by atoms with Gasteiger partial charge in [0.25, 0.3) is 0 Å². The summed E-state index contributed by atoms with van der Waals surface area (Å²) in [5.74, 6) is 0.626. The minimum Gasteiger partial charge on any atom is -0.308 e. The second-order valence-corrected chi connectivity index (χ2v) is 6.96. The number of aryl methyl sites for hydroxylation is 5. The molecule has 0 bridgehead atoms. The predicted molar refractivity (Wildman–Crippen MR) is 105 cm³/mol. The summed E-state index contributed by atoms with van der Waals surface area (Å²) in [4.78, 5) is 4.42. The van der Waals surface area contributed by atoms with Gasteiger partial charge in [0.1, 0.15) is 12.7 Å². The van der Waals surface area contributed by atoms with E-state index in [1.165, 1.54) is 16.7 Å². The summed E-state index contributed by atoms with van der Waals surface area (Å²) in [7, 11) is 3.98. The molecule has 0 saturated heterocycles. The molecular weight excluding hydrogens is 320 g/mol. The van der Waals surface area contributed by atoms with Gasteiger partial charge in [-0.2, -0.15) is 4.57 Å². The molecule has 0 spiro atoms. The fraction of sp³-hybridized carbons (Fsp3) is 0.273. The topological polar surface area (TPSA) is 26.1 Å². The average molecular weight is 348 g/mol. The van der Waals surface area contributed by atoms with Crippen LogP contribution in [0.5, 0.6) is 0 Å². The third-order valence-electron chi connectivity index (χ3n) is 5.20. The van der Waals surface area contributed by atoms with Crippen LogP contribution in [0.25, 0.3) is 28.4 Å². The fourth-order valence-corrected chi connectivity index (χ4v) is 3.66. The van der Waals surface area contributed by atoms with Crippen molar-refractivity contribution in [3.05, 3.63) is 65.1 Å². The van der Waals surface area contributed by atoms with Crippen LogP contribution in [0.2, 0.25) is 0 Å². The normalized spacial score (nSPS) is 13.7. The van der Waals surface area contributed by atoms with Crippen molar-refractivity contribution in [1.82, 2.24) is 14.0 Å². The number of aromatic nitrogens is 4. The largest absolute Gasteiger partial charge is 0.308 e. The molecule has 3 heterocycles. The monoisotopic (exact) mass is 348 g/mol. The van der Waals surface area contributed by atoms with Gasteiger partial charge >= 0.3 is 0 Å². The second kappa shape index (κ2) is 5.84. The fourth-order valence-electron chi connectivity index (χ4n) is 3.66. The van der Waals surface area contributed by atoms with E-state index in [9.17, 15) is 0 Å². The van der Waals surface area contributed by atoms with E-state index in [1.54, 1.807) is 6.92 Å². The van der Waals surface area contributed by atoms with E-state index in [0.29, 0.717) is 11.5 Å². The number of imidazole rings is 2. The van der Waals surface area contributed by atoms with Crippen LogP contribution in [-0.4, -0.2) is 14.0 Å². The summed E-state index contributed by atoms with van der Waals surface area (Å²) >= 11 is 0. The molecule has 0 radical (unpaired) electrons. The Kier molecular flexibility index (Phi) is 2.99. The molecule has 0 amide bonds. The van der Waals surface area contributed by atoms with Crippen LogP contribution >= 0.6 is 0 Å². The molecule has 0 aliphatic rings. The zero-order valence-corrected chi connectivity index (χ0v) is 15.8. The van der Waals surface area contributed by atoms with E-state index in [4.69, 9.17) is 4.11 Å². The maximum Gasteiger partial charge on any atom is 0.231 e. The Labute approximate surface area is 158 Å². The predicted octanol–water partition coefficient (Wildman–Crippen LogP) is 4.06. The van der Waals surface area contributed by atoms with Gasteiger partial charge in [-0.1, -0.05) is 17.7 Å². The Bertz CT molecular complexity index is 1250. The summed E-state index contributed by atoms with van der Waals surface area (Å²) in [6, 6.07) is 12.7. The maximum atomic E-state index is 7.71. The number of fused-ring (bicyclic) bond motifs is 1. The zero-order valence-electron chi connectivity index (χ0n) is 18.8. The quantitative estimate of drug-likeness (QED) is 0.502. The first-order chi connectivity index (χ1) is 13.6. The van der Waals surface area contributed by atoms with Crippen LogP contribution in [0.3, 0.4) is 0 Å². The summed E-state index contributed by atoms with van der Waals surface area (Å²) < 4.78 is 29.1. The van der Waals surface area contributed by atoms with Crippen LogP contribution in [0.1, 0.15) is 26.6 Å². The van der Waals surface area contributed by atoms with Gasteiger partial charge in [-0.25, -0.2) is 4.98 Å². The molecule has 0 aliphatic carbocycles. The van der Waals surface area contributed by atoms with Crippen molar-refractivity contribution in [2.45, 2.75) is 27.6 Å². The average Bonchev–Trinajstić information content (AvgIpc) is 3.13. The van der Waals surface area contributed by atoms with Gasteiger partial charge in [0.2, 0.25) is 17.2 Å². The summed E-state index contributed by atoms with van der Waals surface area (Å²) in [6.07, 6.45) is 1.97. The number of rotatable bonds is 2. The van der Waals surface area contributed by atoms with Crippen molar-refractivity contribution in [2.75, 3.05) is 0 Å². The van der Waals surface area contributed by atoms with E-state index in [1.807, 2.05) is 22.2 Å². The number of nitrogens with zero attached hydrogens (tertiary/aromatic N) is 4. The standard InChI is InChI=1S/C22H25N4/c1-14-10-11-18(15(2)12-14)19-8-7-9-20(24(19)5)21-13-26-17(4)16(3)23-22(26)25(21)6/h7-13H,1-6H3/q+1/i3D3. The van der Waals surface area contributed by atoms with Gasteiger partial charge in [-0.15, -0.1) is 0 Å². The number of hydrogen-bond acceptors (Lipinski definition) is 1. The molecule has 0 atom stereocenters. The lowest BCUT2D eigenvalue weighted by atomic mass is 10.0. The highest BCUT2D eigenvalue weighted by Crippen LogP contribution is 2.26. The van der Waals surface area contributed by atoms with E-state index < -0.39 is 6.85 Å². The lowest BCUT2D eigenvalue weighted by molar-refractivity contribution is -0.649. The number of hydrogen-bond donors (Lipinski definition) is 0. The molecule has 0 unspecified atom stereocenters. The van der Waals surface area contributed by atoms with Crippen LogP contribution in [0.4, 0.5) is 0 Å². The van der Waals surface area contributed by atoms with Gasteiger partial charge in [0.15, 0.2) is 0 Å². The summed E-state index contributed by atoms with van der Waals surface area (Å²) in [6.45, 7) is 3.81. The van der Waals surface area contributed by atoms with Crippen LogP contribution in [-0.2, 0) is 14.1 Å². The third-order valence-corrected chi connectivity index (χ3v) is 5.20. The molecule has 0 fully saturated rings. The second-order valence-electron chi connectivity index (χ2n) is 6.96. The lowest BCUT2D eigenvalue weighted by Crippen LogP contribution is -2.34. The van der Waals surface area contributed by atoms with E-state index in [2.05, 4.69) is 66.8 Å². The number of pyridine rings is 1. The molecular formula is C22H25N4+. The Balaban J connectivity index is 1.90. The highest BCUT2D eigenvalue weighted by molar-refractivity contribution is 5.64. The van der Waals surface area contributed by atoms with Gasteiger partial charge < -0.3 is 4.57 Å². The molecule has 4 nitrogen and oxygen atoms in total. The molecule has 0 saturated carbocycles. The molecule has 4 aromatic rings. The van der Waals surface area contributed by atoms with Crippen LogP contribution in [0.15, 0.2) is 42.6 Å². The van der Waals surface area contributed by atoms with Gasteiger partial charge in [-0.3, -0.25) is 4.40 Å². The molecule has 26 heavy (non-hydrogen) atoms. The van der Waals surface area contributed by atoms with Crippen molar-refractivity contribution in [3.63, 3.8) is 0 Å². The van der Waals surface area contributed by atoms with Crippen molar-refractivity contribution in [3.8, 4) is 22.6 Å². The highest BCUT2D eigenvalue weighted by atomic mass is 15.2. The van der Waals surface area contributed by atoms with Gasteiger partial charge in [-0.05, 0) is 45.3 Å². The minimum absolute atomic E-state index is 0.156. The minimum atomic E-state index is -2.22. The van der Waals surface area contributed by atoms with Crippen molar-refractivity contribution < 1.29 is 8.68 Å². The summed E-state index contributed by atoms with van der Waals surface area (Å²) in [5.41, 5.74) is 7.61. The molecule has 0 aliphatic heterocycles. The molecule has 0 N–H and O–H groups in total. The third kappa shape index (κ3) is 2.37. The van der Waals surface area contributed by atoms with E-state index >= 15 is 0 Å². The number of benzene rings is 1. The van der Waals surface area contributed by atoms with Crippen LogP contribution in [0, 0.1) is 27.6 Å². The Hall–Kier alpha value is -2.88. The zero-order chi connectivity index (χ0) is 21.1. The Morgan fingerprint density at radius 3 is 2.54 bits per heavy atom. The van der Waals surface area contributed by atoms with Crippen molar-refractivity contribution in [1.29, 1.82) is 0 Å². The molecule has 4 rings (SSSR count). The summed E-state index contributed by atoms with van der Waals surface area (Å²) in [5, 5.41) is 0. The van der Waals surface area contributed by atoms with Crippen LogP contribution < -0.4 is 4.57 Å². The highest BCUT2D eigenvalue weighted by Gasteiger charge is 2.22. The maximum absolute atomic E-state index is 7.71. The molecule has 132 valence electrons.